The van der Waals surface area contributed by atoms with E-state index in [1.807, 2.05) is 18.2 Å². The largest absolute Gasteiger partial charge is 0.381 e. The first-order valence-corrected chi connectivity index (χ1v) is 6.59. The van der Waals surface area contributed by atoms with Gasteiger partial charge >= 0.3 is 0 Å². The lowest BCUT2D eigenvalue weighted by molar-refractivity contribution is 0.790. The summed E-state index contributed by atoms with van der Waals surface area (Å²) in [5.41, 5.74) is 3.56. The normalized spacial score (nSPS) is 12.2. The minimum Gasteiger partial charge on any atom is -0.381 e. The molecule has 94 valence electrons. The zero-order valence-corrected chi connectivity index (χ0v) is 11.5. The van der Waals surface area contributed by atoms with Crippen LogP contribution in [0.5, 0.6) is 0 Å². The molecule has 18 heavy (non-hydrogen) atoms. The molecule has 0 saturated heterocycles. The van der Waals surface area contributed by atoms with Gasteiger partial charge in [-0.15, -0.1) is 0 Å². The topological polar surface area (TPSA) is 12.0 Å². The lowest BCUT2D eigenvalue weighted by Crippen LogP contribution is -2.18. The van der Waals surface area contributed by atoms with Crippen molar-refractivity contribution in [1.29, 1.82) is 0 Å². The van der Waals surface area contributed by atoms with Crippen LogP contribution in [0.3, 0.4) is 0 Å². The van der Waals surface area contributed by atoms with E-state index in [1.165, 1.54) is 11.1 Å². The average Bonchev–Trinajstić information content (AvgIpc) is 2.35. The molecule has 1 nitrogen and oxygen atoms in total. The number of hydrogen-bond acceptors (Lipinski definition) is 1. The maximum absolute atomic E-state index is 6.18. The SMILES string of the molecule is Cc1ccc(Cl)c(NC(C)Cc2ccccc2)c1. The number of nitrogens with one attached hydrogen (secondary N) is 1. The lowest BCUT2D eigenvalue weighted by Gasteiger charge is -2.17. The van der Waals surface area contributed by atoms with Gasteiger partial charge < -0.3 is 5.32 Å². The fourth-order valence-electron chi connectivity index (χ4n) is 2.03. The van der Waals surface area contributed by atoms with Crippen LogP contribution in [-0.2, 0) is 6.42 Å². The summed E-state index contributed by atoms with van der Waals surface area (Å²) in [5, 5.41) is 4.25. The molecule has 0 fully saturated rings. The summed E-state index contributed by atoms with van der Waals surface area (Å²) in [6.07, 6.45) is 0.991. The molecule has 1 unspecified atom stereocenters. The van der Waals surface area contributed by atoms with E-state index in [0.29, 0.717) is 6.04 Å². The Labute approximate surface area is 114 Å². The predicted octanol–water partition coefficient (Wildman–Crippen LogP) is 4.69. The van der Waals surface area contributed by atoms with Crippen molar-refractivity contribution in [3.05, 3.63) is 64.7 Å². The zero-order chi connectivity index (χ0) is 13.0. The highest BCUT2D eigenvalue weighted by molar-refractivity contribution is 6.33. The maximum Gasteiger partial charge on any atom is 0.0637 e. The van der Waals surface area contributed by atoms with Gasteiger partial charge in [-0.05, 0) is 43.5 Å². The summed E-state index contributed by atoms with van der Waals surface area (Å²) in [6, 6.07) is 16.9. The van der Waals surface area contributed by atoms with Crippen LogP contribution in [0.1, 0.15) is 18.1 Å². The molecule has 0 saturated carbocycles. The first-order valence-electron chi connectivity index (χ1n) is 6.22. The maximum atomic E-state index is 6.18. The number of anilines is 1. The van der Waals surface area contributed by atoms with Crippen LogP contribution in [0.2, 0.25) is 5.02 Å². The number of hydrogen-bond donors (Lipinski definition) is 1. The second kappa shape index (κ2) is 5.92. The Hall–Kier alpha value is -1.47. The van der Waals surface area contributed by atoms with Crippen LogP contribution < -0.4 is 5.32 Å². The molecule has 0 spiro atoms. The molecule has 1 atom stereocenters. The number of rotatable bonds is 4. The van der Waals surface area contributed by atoms with Crippen molar-refractivity contribution in [3.8, 4) is 0 Å². The molecule has 1 N–H and O–H groups in total. The van der Waals surface area contributed by atoms with Crippen molar-refractivity contribution in [2.45, 2.75) is 26.3 Å². The Bertz CT molecular complexity index is 508. The standard InChI is InChI=1S/C16H18ClN/c1-12-8-9-15(17)16(10-12)18-13(2)11-14-6-4-3-5-7-14/h3-10,13,18H,11H2,1-2H3. The van der Waals surface area contributed by atoms with Gasteiger partial charge in [0.1, 0.15) is 0 Å². The quantitative estimate of drug-likeness (QED) is 0.840. The Balaban J connectivity index is 2.03. The lowest BCUT2D eigenvalue weighted by atomic mass is 10.1. The smallest absolute Gasteiger partial charge is 0.0637 e. The molecule has 0 amide bonds. The summed E-state index contributed by atoms with van der Waals surface area (Å²) in [7, 11) is 0. The van der Waals surface area contributed by atoms with Gasteiger partial charge in [0.2, 0.25) is 0 Å². The van der Waals surface area contributed by atoms with Gasteiger partial charge in [-0.1, -0.05) is 48.0 Å². The van der Waals surface area contributed by atoms with E-state index >= 15 is 0 Å². The van der Waals surface area contributed by atoms with Crippen LogP contribution in [0.15, 0.2) is 48.5 Å². The van der Waals surface area contributed by atoms with Gasteiger partial charge in [0.25, 0.3) is 0 Å². The fourth-order valence-corrected chi connectivity index (χ4v) is 2.21. The Morgan fingerprint density at radius 1 is 1.11 bits per heavy atom. The summed E-state index contributed by atoms with van der Waals surface area (Å²) in [6.45, 7) is 4.25. The van der Waals surface area contributed by atoms with Crippen LogP contribution in [0.4, 0.5) is 5.69 Å². The second-order valence-electron chi connectivity index (χ2n) is 4.72. The van der Waals surface area contributed by atoms with E-state index in [0.717, 1.165) is 17.1 Å². The minimum atomic E-state index is 0.353. The van der Waals surface area contributed by atoms with Crippen LogP contribution in [0, 0.1) is 6.92 Å². The Morgan fingerprint density at radius 3 is 2.56 bits per heavy atom. The highest BCUT2D eigenvalue weighted by atomic mass is 35.5. The summed E-state index contributed by atoms with van der Waals surface area (Å²) >= 11 is 6.18. The van der Waals surface area contributed by atoms with Gasteiger partial charge in [0.05, 0.1) is 10.7 Å². The summed E-state index contributed by atoms with van der Waals surface area (Å²) in [5.74, 6) is 0. The molecule has 0 radical (unpaired) electrons. The van der Waals surface area contributed by atoms with Crippen molar-refractivity contribution in [2.24, 2.45) is 0 Å². The van der Waals surface area contributed by atoms with E-state index in [9.17, 15) is 0 Å². The number of aryl methyl sites for hydroxylation is 1. The second-order valence-corrected chi connectivity index (χ2v) is 5.13. The van der Waals surface area contributed by atoms with E-state index in [4.69, 9.17) is 11.6 Å². The minimum absolute atomic E-state index is 0.353. The molecule has 2 rings (SSSR count). The summed E-state index contributed by atoms with van der Waals surface area (Å²) < 4.78 is 0. The third-order valence-electron chi connectivity index (χ3n) is 2.91. The summed E-state index contributed by atoms with van der Waals surface area (Å²) in [4.78, 5) is 0. The molecule has 2 aromatic carbocycles. The Kier molecular flexibility index (Phi) is 4.27. The number of benzene rings is 2. The molecule has 0 aliphatic heterocycles. The molecule has 2 heteroatoms. The van der Waals surface area contributed by atoms with Crippen LogP contribution >= 0.6 is 11.6 Å². The van der Waals surface area contributed by atoms with Crippen molar-refractivity contribution in [1.82, 2.24) is 0 Å². The average molecular weight is 260 g/mol. The van der Waals surface area contributed by atoms with E-state index in [2.05, 4.69) is 49.5 Å². The fraction of sp³-hybridized carbons (Fsp3) is 0.250. The van der Waals surface area contributed by atoms with E-state index < -0.39 is 0 Å². The van der Waals surface area contributed by atoms with Crippen LogP contribution in [-0.4, -0.2) is 6.04 Å². The van der Waals surface area contributed by atoms with Crippen LogP contribution in [0.25, 0.3) is 0 Å². The first kappa shape index (κ1) is 13.0. The van der Waals surface area contributed by atoms with Crippen molar-refractivity contribution < 1.29 is 0 Å². The molecule has 0 aromatic heterocycles. The highest BCUT2D eigenvalue weighted by Crippen LogP contribution is 2.23. The molecule has 0 bridgehead atoms. The molecular weight excluding hydrogens is 242 g/mol. The number of halogens is 1. The van der Waals surface area contributed by atoms with Gasteiger partial charge in [0, 0.05) is 6.04 Å². The van der Waals surface area contributed by atoms with Gasteiger partial charge in [0.15, 0.2) is 0 Å². The van der Waals surface area contributed by atoms with Crippen molar-refractivity contribution in [2.75, 3.05) is 5.32 Å². The zero-order valence-electron chi connectivity index (χ0n) is 10.8. The molecule has 2 aromatic rings. The van der Waals surface area contributed by atoms with Crippen molar-refractivity contribution >= 4 is 17.3 Å². The van der Waals surface area contributed by atoms with Gasteiger partial charge in [-0.25, -0.2) is 0 Å². The molecule has 0 aliphatic carbocycles. The third kappa shape index (κ3) is 3.51. The van der Waals surface area contributed by atoms with E-state index in [1.54, 1.807) is 0 Å². The van der Waals surface area contributed by atoms with Gasteiger partial charge in [-0.2, -0.15) is 0 Å². The van der Waals surface area contributed by atoms with Crippen molar-refractivity contribution in [3.63, 3.8) is 0 Å². The Morgan fingerprint density at radius 2 is 1.83 bits per heavy atom. The molecule has 0 heterocycles. The monoisotopic (exact) mass is 259 g/mol. The third-order valence-corrected chi connectivity index (χ3v) is 3.24. The first-order chi connectivity index (χ1) is 8.65. The highest BCUT2D eigenvalue weighted by Gasteiger charge is 2.06. The van der Waals surface area contributed by atoms with Gasteiger partial charge in [-0.3, -0.25) is 0 Å². The predicted molar refractivity (Wildman–Crippen MR) is 79.4 cm³/mol. The molecule has 0 aliphatic rings. The molecular formula is C16H18ClN. The van der Waals surface area contributed by atoms with E-state index in [-0.39, 0.29) is 0 Å².